The van der Waals surface area contributed by atoms with Crippen LogP contribution in [0.2, 0.25) is 10.0 Å². The third kappa shape index (κ3) is 4.25. The van der Waals surface area contributed by atoms with Crippen molar-refractivity contribution in [2.45, 2.75) is 51.5 Å². The first-order valence-corrected chi connectivity index (χ1v) is 8.33. The van der Waals surface area contributed by atoms with Gasteiger partial charge in [0.25, 0.3) is 0 Å². The van der Waals surface area contributed by atoms with Crippen LogP contribution >= 0.6 is 23.2 Å². The number of rotatable bonds is 6. The largest absolute Gasteiger partial charge is 0.310 e. The Kier molecular flexibility index (Phi) is 6.41. The van der Waals surface area contributed by atoms with Crippen LogP contribution in [0.1, 0.15) is 57.1 Å². The molecule has 1 aliphatic rings. The summed E-state index contributed by atoms with van der Waals surface area (Å²) >= 11 is 12.6. The van der Waals surface area contributed by atoms with E-state index in [-0.39, 0.29) is 6.04 Å². The Balaban J connectivity index is 2.17. The lowest BCUT2D eigenvalue weighted by Gasteiger charge is -2.23. The predicted octanol–water partition coefficient (Wildman–Crippen LogP) is 5.92. The molecule has 110 valence electrons. The van der Waals surface area contributed by atoms with Crippen molar-refractivity contribution in [1.82, 2.24) is 5.32 Å². The van der Waals surface area contributed by atoms with Gasteiger partial charge < -0.3 is 5.32 Å². The van der Waals surface area contributed by atoms with Crippen LogP contribution in [0.5, 0.6) is 0 Å². The molecule has 0 amide bonds. The fraction of sp³-hybridized carbons (Fsp3) is 0.529. The summed E-state index contributed by atoms with van der Waals surface area (Å²) in [5.74, 6) is 0. The van der Waals surface area contributed by atoms with Crippen LogP contribution in [-0.4, -0.2) is 6.54 Å². The average molecular weight is 312 g/mol. The molecule has 0 heterocycles. The lowest BCUT2D eigenvalue weighted by Crippen LogP contribution is -2.23. The Bertz CT molecular complexity index is 468. The summed E-state index contributed by atoms with van der Waals surface area (Å²) in [4.78, 5) is 0. The van der Waals surface area contributed by atoms with E-state index >= 15 is 0 Å². The average Bonchev–Trinajstić information content (AvgIpc) is 2.48. The van der Waals surface area contributed by atoms with Crippen LogP contribution < -0.4 is 5.32 Å². The topological polar surface area (TPSA) is 12.0 Å². The standard InChI is InChI=1S/C17H23Cl2N/c1-2-11-20-16(12-13-7-4-3-5-8-13)14-9-6-10-15(18)17(14)19/h6-7,9-10,16,20H,2-5,8,11-12H2,1H3. The summed E-state index contributed by atoms with van der Waals surface area (Å²) in [6, 6.07) is 6.19. The number of benzene rings is 1. The van der Waals surface area contributed by atoms with Gasteiger partial charge >= 0.3 is 0 Å². The van der Waals surface area contributed by atoms with E-state index in [0.29, 0.717) is 10.0 Å². The highest BCUT2D eigenvalue weighted by atomic mass is 35.5. The van der Waals surface area contributed by atoms with Crippen molar-refractivity contribution in [3.63, 3.8) is 0 Å². The van der Waals surface area contributed by atoms with Crippen molar-refractivity contribution in [2.75, 3.05) is 6.54 Å². The monoisotopic (exact) mass is 311 g/mol. The Morgan fingerprint density at radius 1 is 1.25 bits per heavy atom. The Labute approximate surface area is 132 Å². The van der Waals surface area contributed by atoms with Gasteiger partial charge in [-0.15, -0.1) is 0 Å². The highest BCUT2D eigenvalue weighted by Crippen LogP contribution is 2.34. The molecule has 1 unspecified atom stereocenters. The van der Waals surface area contributed by atoms with E-state index in [2.05, 4.69) is 24.4 Å². The first-order chi connectivity index (χ1) is 9.72. The lowest BCUT2D eigenvalue weighted by molar-refractivity contribution is 0.512. The molecule has 3 heteroatoms. The van der Waals surface area contributed by atoms with Crippen molar-refractivity contribution in [2.24, 2.45) is 0 Å². The zero-order chi connectivity index (χ0) is 14.4. The first kappa shape index (κ1) is 15.9. The van der Waals surface area contributed by atoms with Gasteiger partial charge in [0.1, 0.15) is 0 Å². The number of halogens is 2. The number of hydrogen-bond donors (Lipinski definition) is 1. The van der Waals surface area contributed by atoms with E-state index in [1.165, 1.54) is 25.7 Å². The highest BCUT2D eigenvalue weighted by molar-refractivity contribution is 6.42. The Hall–Kier alpha value is -0.500. The minimum atomic E-state index is 0.269. The molecule has 0 fully saturated rings. The predicted molar refractivity (Wildman–Crippen MR) is 88.7 cm³/mol. The van der Waals surface area contributed by atoms with Crippen molar-refractivity contribution in [1.29, 1.82) is 0 Å². The quantitative estimate of drug-likeness (QED) is 0.642. The molecule has 1 aliphatic carbocycles. The van der Waals surface area contributed by atoms with Gasteiger partial charge in [-0.25, -0.2) is 0 Å². The van der Waals surface area contributed by atoms with Crippen molar-refractivity contribution < 1.29 is 0 Å². The second-order valence-electron chi connectivity index (χ2n) is 5.46. The molecule has 1 nitrogen and oxygen atoms in total. The summed E-state index contributed by atoms with van der Waals surface area (Å²) in [6.45, 7) is 3.18. The van der Waals surface area contributed by atoms with E-state index in [9.17, 15) is 0 Å². The molecule has 1 atom stereocenters. The third-order valence-corrected chi connectivity index (χ3v) is 4.68. The van der Waals surface area contributed by atoms with E-state index < -0.39 is 0 Å². The molecule has 0 aromatic heterocycles. The number of allylic oxidation sites excluding steroid dienone is 1. The van der Waals surface area contributed by atoms with Gasteiger partial charge in [0.05, 0.1) is 10.0 Å². The van der Waals surface area contributed by atoms with Crippen molar-refractivity contribution >= 4 is 23.2 Å². The van der Waals surface area contributed by atoms with Gasteiger partial charge in [-0.2, -0.15) is 0 Å². The van der Waals surface area contributed by atoms with Gasteiger partial charge in [-0.3, -0.25) is 0 Å². The maximum atomic E-state index is 6.39. The fourth-order valence-corrected chi connectivity index (χ4v) is 3.19. The first-order valence-electron chi connectivity index (χ1n) is 7.57. The summed E-state index contributed by atoms with van der Waals surface area (Å²) in [6.07, 6.45) is 9.65. The minimum absolute atomic E-state index is 0.269. The van der Waals surface area contributed by atoms with Crippen LogP contribution in [0.4, 0.5) is 0 Å². The Morgan fingerprint density at radius 2 is 2.10 bits per heavy atom. The summed E-state index contributed by atoms with van der Waals surface area (Å²) in [7, 11) is 0. The van der Waals surface area contributed by atoms with Gasteiger partial charge in [-0.05, 0) is 56.7 Å². The van der Waals surface area contributed by atoms with Crippen LogP contribution in [-0.2, 0) is 0 Å². The minimum Gasteiger partial charge on any atom is -0.310 e. The normalized spacial score (nSPS) is 16.9. The molecule has 20 heavy (non-hydrogen) atoms. The molecule has 0 bridgehead atoms. The SMILES string of the molecule is CCCNC(CC1=CCCCC1)c1cccc(Cl)c1Cl. The molecule has 1 aromatic carbocycles. The molecular formula is C17H23Cl2N. The molecule has 1 aromatic rings. The van der Waals surface area contributed by atoms with E-state index in [1.54, 1.807) is 5.57 Å². The molecule has 0 aliphatic heterocycles. The van der Waals surface area contributed by atoms with Crippen LogP contribution in [0.15, 0.2) is 29.8 Å². The second-order valence-corrected chi connectivity index (χ2v) is 6.25. The van der Waals surface area contributed by atoms with E-state index in [0.717, 1.165) is 24.9 Å². The fourth-order valence-electron chi connectivity index (χ4n) is 2.75. The van der Waals surface area contributed by atoms with Crippen molar-refractivity contribution in [3.05, 3.63) is 45.5 Å². The van der Waals surface area contributed by atoms with Gasteiger partial charge in [-0.1, -0.05) is 53.9 Å². The van der Waals surface area contributed by atoms with Gasteiger partial charge in [0.15, 0.2) is 0 Å². The van der Waals surface area contributed by atoms with Crippen molar-refractivity contribution in [3.8, 4) is 0 Å². The van der Waals surface area contributed by atoms with Crippen LogP contribution in [0.25, 0.3) is 0 Å². The summed E-state index contributed by atoms with van der Waals surface area (Å²) in [5, 5.41) is 4.95. The molecule has 0 saturated carbocycles. The summed E-state index contributed by atoms with van der Waals surface area (Å²) < 4.78 is 0. The summed E-state index contributed by atoms with van der Waals surface area (Å²) in [5.41, 5.74) is 2.68. The van der Waals surface area contributed by atoms with Crippen LogP contribution in [0.3, 0.4) is 0 Å². The van der Waals surface area contributed by atoms with E-state index in [4.69, 9.17) is 23.2 Å². The molecule has 0 saturated heterocycles. The van der Waals surface area contributed by atoms with Crippen LogP contribution in [0, 0.1) is 0 Å². The smallest absolute Gasteiger partial charge is 0.0640 e. The molecule has 0 spiro atoms. The van der Waals surface area contributed by atoms with E-state index in [1.807, 2.05) is 12.1 Å². The molecule has 1 N–H and O–H groups in total. The zero-order valence-corrected chi connectivity index (χ0v) is 13.6. The second kappa shape index (κ2) is 8.07. The highest BCUT2D eigenvalue weighted by Gasteiger charge is 2.18. The lowest BCUT2D eigenvalue weighted by atomic mass is 9.91. The number of nitrogens with one attached hydrogen (secondary N) is 1. The maximum absolute atomic E-state index is 6.39. The van der Waals surface area contributed by atoms with Gasteiger partial charge in [0.2, 0.25) is 0 Å². The zero-order valence-electron chi connectivity index (χ0n) is 12.1. The Morgan fingerprint density at radius 3 is 2.80 bits per heavy atom. The number of hydrogen-bond acceptors (Lipinski definition) is 1. The third-order valence-electron chi connectivity index (χ3n) is 3.85. The molecular weight excluding hydrogens is 289 g/mol. The maximum Gasteiger partial charge on any atom is 0.0640 e. The molecule has 2 rings (SSSR count). The van der Waals surface area contributed by atoms with Gasteiger partial charge in [0, 0.05) is 6.04 Å². The molecule has 0 radical (unpaired) electrons.